The zero-order valence-corrected chi connectivity index (χ0v) is 47.4. The Morgan fingerprint density at radius 2 is 1.36 bits per heavy atom. The van der Waals surface area contributed by atoms with Gasteiger partial charge in [0.15, 0.2) is 0 Å². The molecule has 1 saturated heterocycles. The highest BCUT2D eigenvalue weighted by Crippen LogP contribution is 2.41. The fourth-order valence-corrected chi connectivity index (χ4v) is 8.89. The Balaban J connectivity index is 1.59. The average Bonchev–Trinajstić information content (AvgIpc) is 2.03. The van der Waals surface area contributed by atoms with E-state index in [0.717, 1.165) is 23.8 Å². The lowest BCUT2D eigenvalue weighted by Crippen LogP contribution is -2.58. The van der Waals surface area contributed by atoms with Crippen LogP contribution < -0.4 is 37.6 Å². The summed E-state index contributed by atoms with van der Waals surface area (Å²) < 4.78 is 31.8. The first kappa shape index (κ1) is 67.6. The van der Waals surface area contributed by atoms with Crippen LogP contribution >= 0.6 is 0 Å². The van der Waals surface area contributed by atoms with Crippen molar-refractivity contribution in [2.24, 2.45) is 11.1 Å². The number of primary amides is 1. The zero-order valence-electron chi connectivity index (χ0n) is 47.4. The molecule has 1 fully saturated rings. The number of aliphatic hydroxyl groups is 1. The molecule has 1 aliphatic rings. The van der Waals surface area contributed by atoms with Crippen LogP contribution in [0.4, 0.5) is 8.78 Å². The van der Waals surface area contributed by atoms with E-state index in [2.05, 4.69) is 31.9 Å². The number of carboxylic acid groups (broad SMARTS) is 1. The highest BCUT2D eigenvalue weighted by molar-refractivity contribution is 6.02. The van der Waals surface area contributed by atoms with Gasteiger partial charge >= 0.3 is 11.9 Å². The standard InChI is InChI=1S/C56H72F2N10O16/c1-31(70)15-18-40(55(82)83)63-45(73)21-23-60-53(80)39(22-24-67(48(76)30-69)50(56(4,5)6)42-25-35(37-26-36(57)16-17-38(37)58)29-66(42)28-34-11-8-7-9-12-34)64-54(81)41(27-43(59)71)65-52(79)33(3)62-51(78)32(2)61-44(72)13-10-14-49(77)84-68-46(74)19-20-47(68)75/h7-9,11-12,16-17,25-26,29,32-33,39-41,50,69H,10,13-15,18-24,27-28,30H2,1-6H3,(H2,59,71)(H,60,80)(H,61,72)(H,62,78)(H,63,73)(H,64,81)(H,65,79)(H,82,83)/t32-,33-,39-,40-,41-,50-/m0/s1. The molecule has 6 atom stereocenters. The van der Waals surface area contributed by atoms with Gasteiger partial charge in [-0.05, 0) is 75.3 Å². The maximum atomic E-state index is 15.4. The molecule has 1 aromatic heterocycles. The first-order valence-corrected chi connectivity index (χ1v) is 26.9. The molecule has 0 saturated carbocycles. The molecule has 456 valence electrons. The summed E-state index contributed by atoms with van der Waals surface area (Å²) in [5.74, 6) is -13.2. The number of carbonyl (C=O) groups excluding carboxylic acids is 12. The van der Waals surface area contributed by atoms with E-state index in [0.29, 0.717) is 10.8 Å². The fraction of sp³-hybridized carbons (Fsp3) is 0.482. The van der Waals surface area contributed by atoms with E-state index in [9.17, 15) is 76.9 Å². The van der Waals surface area contributed by atoms with Crippen LogP contribution in [-0.4, -0.2) is 151 Å². The number of rotatable bonds is 32. The number of aromatic nitrogens is 1. The van der Waals surface area contributed by atoms with Gasteiger partial charge in [0.05, 0.1) is 12.5 Å². The number of Topliss-reactive ketones (excluding diaryl/α,β-unsaturated/α-hetero) is 1. The zero-order chi connectivity index (χ0) is 62.6. The molecule has 0 unspecified atom stereocenters. The number of aliphatic carboxylic acids is 1. The largest absolute Gasteiger partial charge is 0.480 e. The minimum atomic E-state index is -1.84. The van der Waals surface area contributed by atoms with Crippen molar-refractivity contribution in [2.75, 3.05) is 19.7 Å². The van der Waals surface area contributed by atoms with Crippen molar-refractivity contribution >= 4 is 76.8 Å². The second-order valence-electron chi connectivity index (χ2n) is 21.1. The maximum Gasteiger partial charge on any atom is 0.333 e. The molecule has 0 radical (unpaired) electrons. The van der Waals surface area contributed by atoms with Gasteiger partial charge in [-0.1, -0.05) is 51.1 Å². The normalized spacial score (nSPS) is 14.4. The van der Waals surface area contributed by atoms with Gasteiger partial charge in [-0.2, -0.15) is 0 Å². The van der Waals surface area contributed by atoms with Gasteiger partial charge in [-0.25, -0.2) is 18.4 Å². The summed E-state index contributed by atoms with van der Waals surface area (Å²) >= 11 is 0. The van der Waals surface area contributed by atoms with Crippen LogP contribution in [0.2, 0.25) is 0 Å². The van der Waals surface area contributed by atoms with E-state index in [1.807, 2.05) is 12.1 Å². The third-order valence-electron chi connectivity index (χ3n) is 13.1. The number of nitrogens with zero attached hydrogens (tertiary/aromatic N) is 3. The third-order valence-corrected chi connectivity index (χ3v) is 13.1. The van der Waals surface area contributed by atoms with Crippen molar-refractivity contribution in [3.63, 3.8) is 0 Å². The first-order chi connectivity index (χ1) is 39.5. The Bertz CT molecular complexity index is 2930. The summed E-state index contributed by atoms with van der Waals surface area (Å²) in [5, 5.41) is 34.7. The van der Waals surface area contributed by atoms with Crippen LogP contribution in [0.15, 0.2) is 60.8 Å². The summed E-state index contributed by atoms with van der Waals surface area (Å²) in [6, 6.07) is 4.73. The number of ketones is 1. The summed E-state index contributed by atoms with van der Waals surface area (Å²) in [4.78, 5) is 172. The number of hydrogen-bond donors (Lipinski definition) is 9. The van der Waals surface area contributed by atoms with Gasteiger partial charge in [0.2, 0.25) is 47.3 Å². The minimum Gasteiger partial charge on any atom is -0.480 e. The van der Waals surface area contributed by atoms with Crippen LogP contribution in [0.5, 0.6) is 0 Å². The molecule has 4 rings (SSSR count). The van der Waals surface area contributed by atoms with Crippen molar-refractivity contribution in [1.29, 1.82) is 0 Å². The van der Waals surface area contributed by atoms with E-state index >= 15 is 4.39 Å². The molecular formula is C56H72F2N10O16. The number of carbonyl (C=O) groups is 13. The van der Waals surface area contributed by atoms with Gasteiger partial charge in [-0.15, -0.1) is 5.06 Å². The second kappa shape index (κ2) is 31.5. The maximum absolute atomic E-state index is 15.4. The number of hydroxylamine groups is 2. The van der Waals surface area contributed by atoms with E-state index in [4.69, 9.17) is 10.6 Å². The number of imide groups is 1. The molecule has 0 aliphatic carbocycles. The SMILES string of the molecule is CC(=O)CC[C@H](NC(=O)CCNC(=O)[C@H](CCN(C(=O)CO)[C@@H](c1cc(-c2cc(F)ccc2F)cn1Cc1ccccc1)C(C)(C)C)NC(=O)[C@H](CC(N)=O)NC(=O)[C@H](C)NC(=O)[C@H](C)NC(=O)CCCC(=O)ON1C(=O)CCC1=O)C(=O)O. The van der Waals surface area contributed by atoms with Crippen molar-refractivity contribution in [1.82, 2.24) is 46.4 Å². The lowest BCUT2D eigenvalue weighted by Gasteiger charge is -2.41. The van der Waals surface area contributed by atoms with Gasteiger partial charge in [-0.3, -0.25) is 47.9 Å². The average molecular weight is 1180 g/mol. The smallest absolute Gasteiger partial charge is 0.333 e. The molecule has 2 heterocycles. The Labute approximate surface area is 482 Å². The lowest BCUT2D eigenvalue weighted by atomic mass is 9.82. The van der Waals surface area contributed by atoms with Crippen molar-refractivity contribution in [2.45, 2.75) is 149 Å². The minimum absolute atomic E-state index is 0.0975. The molecule has 28 heteroatoms. The Morgan fingerprint density at radius 1 is 0.738 bits per heavy atom. The molecule has 2 aromatic carbocycles. The Hall–Kier alpha value is -8.95. The van der Waals surface area contributed by atoms with Gasteiger partial charge in [0.25, 0.3) is 11.8 Å². The molecule has 84 heavy (non-hydrogen) atoms. The molecule has 26 nitrogen and oxygen atoms in total. The van der Waals surface area contributed by atoms with Crippen LogP contribution in [0, 0.1) is 17.0 Å². The van der Waals surface area contributed by atoms with Gasteiger partial charge in [0, 0.05) is 81.2 Å². The molecule has 10 amide bonds. The number of benzene rings is 2. The number of nitrogens with two attached hydrogens (primary N) is 1. The fourth-order valence-electron chi connectivity index (χ4n) is 8.89. The monoisotopic (exact) mass is 1180 g/mol. The van der Waals surface area contributed by atoms with Crippen molar-refractivity contribution in [3.05, 3.63) is 83.7 Å². The highest BCUT2D eigenvalue weighted by atomic mass is 19.1. The van der Waals surface area contributed by atoms with Crippen molar-refractivity contribution < 1.29 is 86.2 Å². The highest BCUT2D eigenvalue weighted by Gasteiger charge is 2.39. The van der Waals surface area contributed by atoms with Crippen LogP contribution in [0.1, 0.15) is 123 Å². The molecule has 0 spiro atoms. The Kier molecular flexibility index (Phi) is 25.3. The van der Waals surface area contributed by atoms with E-state index in [1.165, 1.54) is 25.7 Å². The number of aliphatic hydroxyl groups excluding tert-OH is 1. The molecule has 10 N–H and O–H groups in total. The number of halogens is 2. The summed E-state index contributed by atoms with van der Waals surface area (Å²) in [5.41, 5.74) is 5.82. The van der Waals surface area contributed by atoms with Crippen LogP contribution in [-0.2, 0) is 73.7 Å². The summed E-state index contributed by atoms with van der Waals surface area (Å²) in [6.07, 6.45) is -1.65. The second-order valence-corrected chi connectivity index (χ2v) is 21.1. The number of nitrogens with one attached hydrogen (secondary N) is 6. The predicted octanol–water partition coefficient (Wildman–Crippen LogP) is 0.857. The van der Waals surface area contributed by atoms with Gasteiger partial charge < -0.3 is 66.9 Å². The molecular weight excluding hydrogens is 1110 g/mol. The predicted molar refractivity (Wildman–Crippen MR) is 292 cm³/mol. The van der Waals surface area contributed by atoms with E-state index < -0.39 is 163 Å². The molecule has 0 bridgehead atoms. The Morgan fingerprint density at radius 3 is 1.96 bits per heavy atom. The quantitative estimate of drug-likeness (QED) is 0.0392. The van der Waals surface area contributed by atoms with E-state index in [1.54, 1.807) is 55.8 Å². The third kappa shape index (κ3) is 20.8. The van der Waals surface area contributed by atoms with Crippen molar-refractivity contribution in [3.8, 4) is 11.1 Å². The van der Waals surface area contributed by atoms with Crippen LogP contribution in [0.3, 0.4) is 0 Å². The van der Waals surface area contributed by atoms with E-state index in [-0.39, 0.29) is 68.4 Å². The summed E-state index contributed by atoms with van der Waals surface area (Å²) in [6.45, 7) is 7.17. The number of carboxylic acids is 1. The molecule has 1 aliphatic heterocycles. The number of hydrogen-bond acceptors (Lipinski definition) is 15. The molecule has 3 aromatic rings. The first-order valence-electron chi connectivity index (χ1n) is 26.9. The van der Waals surface area contributed by atoms with Gasteiger partial charge in [0.1, 0.15) is 54.2 Å². The topological polar surface area (TPSA) is 381 Å². The summed E-state index contributed by atoms with van der Waals surface area (Å²) in [7, 11) is 0. The lowest BCUT2D eigenvalue weighted by molar-refractivity contribution is -0.197. The van der Waals surface area contributed by atoms with Crippen LogP contribution in [0.25, 0.3) is 11.1 Å². The number of amides is 10.